The average Bonchev–Trinajstić information content (AvgIpc) is 3.22. The van der Waals surface area contributed by atoms with Gasteiger partial charge in [-0.15, -0.1) is 11.3 Å². The molecule has 1 aliphatic rings. The molecule has 30 heavy (non-hydrogen) atoms. The van der Waals surface area contributed by atoms with Gasteiger partial charge in [0.2, 0.25) is 10.0 Å². The Morgan fingerprint density at radius 1 is 1.10 bits per heavy atom. The number of carbonyl (C=O) groups is 1. The maximum absolute atomic E-state index is 13.1. The van der Waals surface area contributed by atoms with E-state index in [0.717, 1.165) is 27.3 Å². The SMILES string of the molecule is COc1ccc(-c2ccc(S(=O)(=O)N3CCc4sc(C(=O)NO)cc4C3)cc2)cc1. The van der Waals surface area contributed by atoms with Crippen molar-refractivity contribution >= 4 is 27.3 Å². The average molecular weight is 445 g/mol. The van der Waals surface area contributed by atoms with Crippen molar-refractivity contribution < 1.29 is 23.2 Å². The van der Waals surface area contributed by atoms with Crippen molar-refractivity contribution in [3.8, 4) is 16.9 Å². The van der Waals surface area contributed by atoms with Crippen LogP contribution in [0.1, 0.15) is 20.1 Å². The van der Waals surface area contributed by atoms with E-state index in [1.807, 2.05) is 24.3 Å². The molecule has 0 atom stereocenters. The molecule has 0 aliphatic carbocycles. The number of carbonyl (C=O) groups excluding carboxylic acids is 1. The molecule has 2 aromatic carbocycles. The minimum Gasteiger partial charge on any atom is -0.497 e. The Balaban J connectivity index is 1.55. The van der Waals surface area contributed by atoms with Crippen LogP contribution in [0.2, 0.25) is 0 Å². The Kier molecular flexibility index (Phi) is 5.61. The molecule has 9 heteroatoms. The van der Waals surface area contributed by atoms with Gasteiger partial charge in [0.05, 0.1) is 16.9 Å². The highest BCUT2D eigenvalue weighted by molar-refractivity contribution is 7.89. The number of sulfonamides is 1. The zero-order valence-corrected chi connectivity index (χ0v) is 17.8. The zero-order valence-electron chi connectivity index (χ0n) is 16.2. The molecule has 3 aromatic rings. The van der Waals surface area contributed by atoms with E-state index in [4.69, 9.17) is 9.94 Å². The minimum absolute atomic E-state index is 0.201. The van der Waals surface area contributed by atoms with Crippen molar-refractivity contribution in [3.63, 3.8) is 0 Å². The summed E-state index contributed by atoms with van der Waals surface area (Å²) >= 11 is 1.28. The summed E-state index contributed by atoms with van der Waals surface area (Å²) in [5.41, 5.74) is 4.29. The second kappa shape index (κ2) is 8.19. The number of amides is 1. The van der Waals surface area contributed by atoms with Crippen molar-refractivity contribution in [2.45, 2.75) is 17.9 Å². The standard InChI is InChI=1S/C21H20N2O5S2/c1-28-17-6-2-14(3-7-17)15-4-8-18(9-5-15)30(26,27)23-11-10-19-16(13-23)12-20(29-19)21(24)22-25/h2-9,12,25H,10-11,13H2,1H3,(H,22,24). The van der Waals surface area contributed by atoms with E-state index < -0.39 is 15.9 Å². The zero-order chi connectivity index (χ0) is 21.3. The molecular weight excluding hydrogens is 424 g/mol. The van der Waals surface area contributed by atoms with E-state index in [1.165, 1.54) is 15.6 Å². The molecule has 0 unspecified atom stereocenters. The molecule has 0 saturated heterocycles. The van der Waals surface area contributed by atoms with Gasteiger partial charge in [0.1, 0.15) is 5.75 Å². The molecule has 1 aromatic heterocycles. The largest absolute Gasteiger partial charge is 0.497 e. The first-order chi connectivity index (χ1) is 14.4. The smallest absolute Gasteiger partial charge is 0.284 e. The molecule has 4 rings (SSSR count). The summed E-state index contributed by atoms with van der Waals surface area (Å²) in [6.07, 6.45) is 0.530. The van der Waals surface area contributed by atoms with Crippen LogP contribution in [-0.2, 0) is 23.0 Å². The Morgan fingerprint density at radius 3 is 2.33 bits per heavy atom. The predicted octanol–water partition coefficient (Wildman–Crippen LogP) is 3.29. The molecule has 2 N–H and O–H groups in total. The lowest BCUT2D eigenvalue weighted by Gasteiger charge is -2.26. The first-order valence-corrected chi connectivity index (χ1v) is 11.5. The van der Waals surface area contributed by atoms with Crippen molar-refractivity contribution in [1.29, 1.82) is 0 Å². The second-order valence-electron chi connectivity index (χ2n) is 6.84. The Morgan fingerprint density at radius 2 is 1.73 bits per heavy atom. The van der Waals surface area contributed by atoms with E-state index in [0.29, 0.717) is 17.8 Å². The number of hydrogen-bond acceptors (Lipinski definition) is 6. The van der Waals surface area contributed by atoms with E-state index in [1.54, 1.807) is 42.9 Å². The number of thiophene rings is 1. The molecule has 1 aliphatic heterocycles. The number of nitrogens with one attached hydrogen (secondary N) is 1. The summed E-state index contributed by atoms with van der Waals surface area (Å²) < 4.78 is 32.8. The van der Waals surface area contributed by atoms with Gasteiger partial charge < -0.3 is 4.74 Å². The van der Waals surface area contributed by atoms with Crippen molar-refractivity contribution in [2.24, 2.45) is 0 Å². The summed E-state index contributed by atoms with van der Waals surface area (Å²) in [6, 6.07) is 16.0. The molecule has 156 valence electrons. The van der Waals surface area contributed by atoms with Crippen LogP contribution in [0.15, 0.2) is 59.5 Å². The maximum atomic E-state index is 13.1. The van der Waals surface area contributed by atoms with Crippen LogP contribution in [0.3, 0.4) is 0 Å². The number of benzene rings is 2. The molecule has 0 saturated carbocycles. The van der Waals surface area contributed by atoms with Crippen molar-refractivity contribution in [1.82, 2.24) is 9.79 Å². The molecule has 0 bridgehead atoms. The minimum atomic E-state index is -3.66. The lowest BCUT2D eigenvalue weighted by Crippen LogP contribution is -2.35. The van der Waals surface area contributed by atoms with E-state index >= 15 is 0 Å². The number of rotatable bonds is 5. The Bertz CT molecular complexity index is 1170. The summed E-state index contributed by atoms with van der Waals surface area (Å²) in [7, 11) is -2.06. The fraction of sp³-hybridized carbons (Fsp3) is 0.190. The van der Waals surface area contributed by atoms with Gasteiger partial charge in [-0.1, -0.05) is 24.3 Å². The molecular formula is C21H20N2O5S2. The highest BCUT2D eigenvalue weighted by Gasteiger charge is 2.30. The number of nitrogens with zero attached hydrogens (tertiary/aromatic N) is 1. The van der Waals surface area contributed by atoms with Gasteiger partial charge in [0, 0.05) is 18.0 Å². The highest BCUT2D eigenvalue weighted by atomic mass is 32.2. The van der Waals surface area contributed by atoms with Gasteiger partial charge in [0.15, 0.2) is 0 Å². The molecule has 0 fully saturated rings. The van der Waals surface area contributed by atoms with Gasteiger partial charge in [-0.05, 0) is 53.4 Å². The van der Waals surface area contributed by atoms with Crippen LogP contribution >= 0.6 is 11.3 Å². The Hall–Kier alpha value is -2.72. The summed E-state index contributed by atoms with van der Waals surface area (Å²) in [6.45, 7) is 0.545. The lowest BCUT2D eigenvalue weighted by atomic mass is 10.1. The molecule has 2 heterocycles. The molecule has 1 amide bonds. The quantitative estimate of drug-likeness (QED) is 0.465. The first-order valence-electron chi connectivity index (χ1n) is 9.23. The third kappa shape index (κ3) is 3.84. The van der Waals surface area contributed by atoms with Gasteiger partial charge >= 0.3 is 0 Å². The monoisotopic (exact) mass is 444 g/mol. The third-order valence-corrected chi connectivity index (χ3v) is 8.17. The number of fused-ring (bicyclic) bond motifs is 1. The van der Waals surface area contributed by atoms with Crippen molar-refractivity contribution in [2.75, 3.05) is 13.7 Å². The van der Waals surface area contributed by atoms with Crippen LogP contribution in [0.5, 0.6) is 5.75 Å². The fourth-order valence-electron chi connectivity index (χ4n) is 3.43. The lowest BCUT2D eigenvalue weighted by molar-refractivity contribution is 0.0711. The molecule has 7 nitrogen and oxygen atoms in total. The summed E-state index contributed by atoms with van der Waals surface area (Å²) in [5, 5.41) is 8.80. The second-order valence-corrected chi connectivity index (χ2v) is 9.92. The normalized spacial score (nSPS) is 14.2. The topological polar surface area (TPSA) is 95.9 Å². The van der Waals surface area contributed by atoms with Gasteiger partial charge in [-0.3, -0.25) is 10.0 Å². The maximum Gasteiger partial charge on any atom is 0.284 e. The van der Waals surface area contributed by atoms with E-state index in [-0.39, 0.29) is 11.4 Å². The van der Waals surface area contributed by atoms with Crippen LogP contribution in [0.4, 0.5) is 0 Å². The summed E-state index contributed by atoms with van der Waals surface area (Å²) in [5.74, 6) is 0.174. The van der Waals surface area contributed by atoms with Crippen LogP contribution in [0, 0.1) is 0 Å². The van der Waals surface area contributed by atoms with Crippen LogP contribution < -0.4 is 10.2 Å². The molecule has 0 spiro atoms. The summed E-state index contributed by atoms with van der Waals surface area (Å²) in [4.78, 5) is 13.2. The van der Waals surface area contributed by atoms with Gasteiger partial charge in [0.25, 0.3) is 5.91 Å². The van der Waals surface area contributed by atoms with Gasteiger partial charge in [-0.25, -0.2) is 13.9 Å². The fourth-order valence-corrected chi connectivity index (χ4v) is 5.90. The molecule has 0 radical (unpaired) electrons. The number of ether oxygens (including phenoxy) is 1. The Labute approximate surface area is 178 Å². The van der Waals surface area contributed by atoms with Crippen LogP contribution in [0.25, 0.3) is 11.1 Å². The first kappa shape index (κ1) is 20.5. The third-order valence-electron chi connectivity index (χ3n) is 5.07. The number of methoxy groups -OCH3 is 1. The number of hydrogen-bond donors (Lipinski definition) is 2. The highest BCUT2D eigenvalue weighted by Crippen LogP contribution is 2.31. The van der Waals surface area contributed by atoms with E-state index in [2.05, 4.69) is 0 Å². The van der Waals surface area contributed by atoms with E-state index in [9.17, 15) is 13.2 Å². The van der Waals surface area contributed by atoms with Crippen LogP contribution in [-0.4, -0.2) is 37.5 Å². The van der Waals surface area contributed by atoms with Crippen molar-refractivity contribution in [3.05, 3.63) is 69.9 Å². The van der Waals surface area contributed by atoms with Gasteiger partial charge in [-0.2, -0.15) is 4.31 Å². The number of hydroxylamine groups is 1. The predicted molar refractivity (Wildman–Crippen MR) is 113 cm³/mol.